The third kappa shape index (κ3) is 3.48. The van der Waals surface area contributed by atoms with E-state index >= 15 is 0 Å². The van der Waals surface area contributed by atoms with Crippen LogP contribution in [0.2, 0.25) is 0 Å². The van der Waals surface area contributed by atoms with Gasteiger partial charge in [0, 0.05) is 37.0 Å². The van der Waals surface area contributed by atoms with Crippen molar-refractivity contribution in [1.29, 1.82) is 0 Å². The van der Waals surface area contributed by atoms with Crippen molar-refractivity contribution in [2.45, 2.75) is 18.9 Å². The van der Waals surface area contributed by atoms with Crippen LogP contribution in [0.4, 0.5) is 11.4 Å². The number of thiophene rings is 1. The normalized spacial score (nSPS) is 15.8. The largest absolute Gasteiger partial charge is 0.381 e. The number of nitrogens with one attached hydrogen (secondary N) is 1. The van der Waals surface area contributed by atoms with Crippen molar-refractivity contribution < 1.29 is 9.53 Å². The molecule has 0 radical (unpaired) electrons. The van der Waals surface area contributed by atoms with Crippen molar-refractivity contribution in [3.63, 3.8) is 0 Å². The first-order valence-electron chi connectivity index (χ1n) is 7.47. The average Bonchev–Trinajstić information content (AvgIpc) is 3.10. The lowest BCUT2D eigenvalue weighted by Gasteiger charge is -2.33. The Kier molecular flexibility index (Phi) is 4.75. The summed E-state index contributed by atoms with van der Waals surface area (Å²) in [6.45, 7) is 2.03. The van der Waals surface area contributed by atoms with Gasteiger partial charge >= 0.3 is 0 Å². The van der Waals surface area contributed by atoms with Gasteiger partial charge in [0.05, 0.1) is 11.7 Å². The Balaban J connectivity index is 1.60. The number of carbonyl (C=O) groups excluding carboxylic acids is 1. The molecule has 0 saturated carbocycles. The zero-order valence-corrected chi connectivity index (χ0v) is 13.4. The molecule has 1 N–H and O–H groups in total. The lowest BCUT2D eigenvalue weighted by Crippen LogP contribution is -2.36. The quantitative estimate of drug-likeness (QED) is 0.937. The van der Waals surface area contributed by atoms with Gasteiger partial charge in [-0.15, -0.1) is 0 Å². The Bertz CT molecular complexity index is 602. The van der Waals surface area contributed by atoms with Crippen molar-refractivity contribution in [2.24, 2.45) is 0 Å². The summed E-state index contributed by atoms with van der Waals surface area (Å²) in [6.07, 6.45) is 2.51. The number of nitrogens with zero attached hydrogens (tertiary/aromatic N) is 1. The molecule has 0 unspecified atom stereocenters. The van der Waals surface area contributed by atoms with Crippen LogP contribution in [0, 0.1) is 0 Å². The van der Waals surface area contributed by atoms with Gasteiger partial charge < -0.3 is 15.0 Å². The predicted molar refractivity (Wildman–Crippen MR) is 91.0 cm³/mol. The van der Waals surface area contributed by atoms with Gasteiger partial charge in [0.15, 0.2) is 0 Å². The van der Waals surface area contributed by atoms with Crippen LogP contribution in [0.1, 0.15) is 23.2 Å². The number of ether oxygens (including phenoxy) is 1. The average molecular weight is 316 g/mol. The number of piperidine rings is 1. The molecule has 1 saturated heterocycles. The maximum absolute atomic E-state index is 12.0. The van der Waals surface area contributed by atoms with E-state index in [1.165, 1.54) is 17.0 Å². The van der Waals surface area contributed by atoms with Crippen molar-refractivity contribution in [1.82, 2.24) is 0 Å². The fraction of sp³-hybridized carbons (Fsp3) is 0.353. The maximum Gasteiger partial charge on any atom is 0.256 e. The first kappa shape index (κ1) is 15.1. The van der Waals surface area contributed by atoms with Gasteiger partial charge in [-0.05, 0) is 48.6 Å². The highest BCUT2D eigenvalue weighted by Gasteiger charge is 2.18. The fourth-order valence-corrected chi connectivity index (χ4v) is 3.34. The number of anilines is 2. The van der Waals surface area contributed by atoms with Crippen molar-refractivity contribution in [3.05, 3.63) is 46.7 Å². The molecule has 5 heteroatoms. The van der Waals surface area contributed by atoms with Crippen LogP contribution in [-0.4, -0.2) is 32.2 Å². The first-order valence-corrected chi connectivity index (χ1v) is 8.42. The Morgan fingerprint density at radius 1 is 1.23 bits per heavy atom. The Hall–Kier alpha value is -1.85. The van der Waals surface area contributed by atoms with Crippen LogP contribution in [0.25, 0.3) is 0 Å². The van der Waals surface area contributed by atoms with Crippen molar-refractivity contribution in [2.75, 3.05) is 30.4 Å². The molecule has 1 fully saturated rings. The molecule has 2 heterocycles. The third-order valence-corrected chi connectivity index (χ3v) is 4.73. The van der Waals surface area contributed by atoms with E-state index in [4.69, 9.17) is 4.74 Å². The molecular formula is C17H20N2O2S. The Labute approximate surface area is 134 Å². The van der Waals surface area contributed by atoms with Gasteiger partial charge in [0.1, 0.15) is 0 Å². The zero-order chi connectivity index (χ0) is 15.4. The summed E-state index contributed by atoms with van der Waals surface area (Å²) in [5, 5.41) is 6.68. The molecule has 22 heavy (non-hydrogen) atoms. The van der Waals surface area contributed by atoms with E-state index in [1.807, 2.05) is 29.0 Å². The number of carbonyl (C=O) groups is 1. The maximum atomic E-state index is 12.0. The summed E-state index contributed by atoms with van der Waals surface area (Å²) in [5.41, 5.74) is 2.73. The second-order valence-electron chi connectivity index (χ2n) is 5.44. The van der Waals surface area contributed by atoms with Gasteiger partial charge in [-0.1, -0.05) is 0 Å². The number of benzene rings is 1. The molecule has 1 aromatic heterocycles. The Morgan fingerprint density at radius 3 is 2.55 bits per heavy atom. The highest BCUT2D eigenvalue weighted by molar-refractivity contribution is 7.08. The van der Waals surface area contributed by atoms with Crippen LogP contribution in [-0.2, 0) is 4.74 Å². The molecular weight excluding hydrogens is 296 g/mol. The van der Waals surface area contributed by atoms with E-state index in [0.29, 0.717) is 11.7 Å². The van der Waals surface area contributed by atoms with Gasteiger partial charge in [-0.3, -0.25) is 4.79 Å². The number of rotatable bonds is 4. The molecule has 2 aromatic rings. The summed E-state index contributed by atoms with van der Waals surface area (Å²) >= 11 is 1.52. The molecule has 4 nitrogen and oxygen atoms in total. The Morgan fingerprint density at radius 2 is 1.95 bits per heavy atom. The van der Waals surface area contributed by atoms with Gasteiger partial charge in [-0.2, -0.15) is 11.3 Å². The topological polar surface area (TPSA) is 41.6 Å². The first-order chi connectivity index (χ1) is 10.8. The van der Waals surface area contributed by atoms with Crippen molar-refractivity contribution in [3.8, 4) is 0 Å². The van der Waals surface area contributed by atoms with Crippen LogP contribution in [0.15, 0.2) is 41.1 Å². The van der Waals surface area contributed by atoms with E-state index in [-0.39, 0.29) is 5.91 Å². The smallest absolute Gasteiger partial charge is 0.256 e. The summed E-state index contributed by atoms with van der Waals surface area (Å²) in [6, 6.07) is 9.88. The highest BCUT2D eigenvalue weighted by atomic mass is 32.1. The van der Waals surface area contributed by atoms with E-state index in [9.17, 15) is 4.79 Å². The van der Waals surface area contributed by atoms with Crippen LogP contribution >= 0.6 is 11.3 Å². The lowest BCUT2D eigenvalue weighted by atomic mass is 10.1. The summed E-state index contributed by atoms with van der Waals surface area (Å²) in [4.78, 5) is 14.4. The number of amides is 1. The summed E-state index contributed by atoms with van der Waals surface area (Å²) < 4.78 is 5.40. The molecule has 1 aliphatic heterocycles. The second kappa shape index (κ2) is 6.94. The van der Waals surface area contributed by atoms with Gasteiger partial charge in [0.25, 0.3) is 5.91 Å². The predicted octanol–water partition coefficient (Wildman–Crippen LogP) is 3.62. The van der Waals surface area contributed by atoms with Gasteiger partial charge in [-0.25, -0.2) is 0 Å². The lowest BCUT2D eigenvalue weighted by molar-refractivity contribution is 0.0819. The molecule has 1 amide bonds. The molecule has 0 bridgehead atoms. The summed E-state index contributed by atoms with van der Waals surface area (Å²) in [7, 11) is 1.78. The SMILES string of the molecule is COC1CCN(c2ccc(NC(=O)c3ccsc3)cc2)CC1. The second-order valence-corrected chi connectivity index (χ2v) is 6.22. The van der Waals surface area contributed by atoms with Gasteiger partial charge in [0.2, 0.25) is 0 Å². The molecule has 116 valence electrons. The number of hydrogen-bond donors (Lipinski definition) is 1. The molecule has 1 aliphatic rings. The van der Waals surface area contributed by atoms with Crippen molar-refractivity contribution >= 4 is 28.6 Å². The minimum absolute atomic E-state index is 0.0603. The van der Waals surface area contributed by atoms with Crippen LogP contribution < -0.4 is 10.2 Å². The minimum atomic E-state index is -0.0603. The number of hydrogen-bond acceptors (Lipinski definition) is 4. The van der Waals surface area contributed by atoms with E-state index in [2.05, 4.69) is 22.3 Å². The van der Waals surface area contributed by atoms with E-state index < -0.39 is 0 Å². The van der Waals surface area contributed by atoms with E-state index in [0.717, 1.165) is 31.6 Å². The van der Waals surface area contributed by atoms with Crippen LogP contribution in [0.3, 0.4) is 0 Å². The third-order valence-electron chi connectivity index (χ3n) is 4.05. The highest BCUT2D eigenvalue weighted by Crippen LogP contribution is 2.23. The molecule has 0 spiro atoms. The van der Waals surface area contributed by atoms with Crippen LogP contribution in [0.5, 0.6) is 0 Å². The van der Waals surface area contributed by atoms with E-state index in [1.54, 1.807) is 7.11 Å². The zero-order valence-electron chi connectivity index (χ0n) is 12.6. The number of methoxy groups -OCH3 is 1. The molecule has 1 aromatic carbocycles. The molecule has 3 rings (SSSR count). The standard InChI is InChI=1S/C17H20N2O2S/c1-21-16-6-9-19(10-7-16)15-4-2-14(3-5-15)18-17(20)13-8-11-22-12-13/h2-5,8,11-12,16H,6-7,9-10H2,1H3,(H,18,20). The fourth-order valence-electron chi connectivity index (χ4n) is 2.70. The minimum Gasteiger partial charge on any atom is -0.381 e. The summed E-state index contributed by atoms with van der Waals surface area (Å²) in [5.74, 6) is -0.0603. The molecule has 0 atom stereocenters. The monoisotopic (exact) mass is 316 g/mol. The molecule has 0 aliphatic carbocycles.